The van der Waals surface area contributed by atoms with Gasteiger partial charge in [-0.05, 0) is 31.6 Å². The monoisotopic (exact) mass is 1210 g/mol. The van der Waals surface area contributed by atoms with Gasteiger partial charge in [0, 0.05) is 25.7 Å². The van der Waals surface area contributed by atoms with Crippen molar-refractivity contribution in [3.8, 4) is 0 Å². The zero-order valence-corrected chi connectivity index (χ0v) is 54.4. The molecule has 0 bridgehead atoms. The maximum atomic E-state index is 13.0. The molecule has 2 unspecified atom stereocenters. The van der Waals surface area contributed by atoms with Crippen LogP contribution in [0.25, 0.3) is 0 Å². The van der Waals surface area contributed by atoms with Crippen molar-refractivity contribution in [2.24, 2.45) is 5.92 Å². The van der Waals surface area contributed by atoms with Crippen LogP contribution in [0.2, 0.25) is 0 Å². The number of hydrogen-bond donors (Lipinski definition) is 3. The van der Waals surface area contributed by atoms with Gasteiger partial charge in [0.2, 0.25) is 0 Å². The van der Waals surface area contributed by atoms with Crippen molar-refractivity contribution < 1.29 is 80.2 Å². The summed E-state index contributed by atoms with van der Waals surface area (Å²) < 4.78 is 67.8. The number of ether oxygens (including phenoxy) is 4. The van der Waals surface area contributed by atoms with E-state index in [1.165, 1.54) is 122 Å². The van der Waals surface area contributed by atoms with E-state index in [2.05, 4.69) is 34.6 Å². The molecule has 0 aromatic heterocycles. The third-order valence-electron chi connectivity index (χ3n) is 14.5. The topological polar surface area (TPSA) is 237 Å². The van der Waals surface area contributed by atoms with Gasteiger partial charge in [0.05, 0.1) is 26.4 Å². The average molecular weight is 1210 g/mol. The Kier molecular flexibility index (Phi) is 55.5. The molecule has 19 heteroatoms. The summed E-state index contributed by atoms with van der Waals surface area (Å²) in [5.41, 5.74) is 0. The molecule has 82 heavy (non-hydrogen) atoms. The SMILES string of the molecule is CCCCCCCCCCCCCCCCCC(=O)O[C@H](COC(=O)CCCCCCCCCCCC(C)C)COP(=O)(O)OC[C@@H](O)COP(=O)(O)OC[C@@H](COC(=O)CCCCCCCCC)OC(=O)CCCCCCCCCC. The second kappa shape index (κ2) is 56.8. The van der Waals surface area contributed by atoms with E-state index in [0.717, 1.165) is 115 Å². The third-order valence-corrected chi connectivity index (χ3v) is 16.4. The highest BCUT2D eigenvalue weighted by molar-refractivity contribution is 7.47. The van der Waals surface area contributed by atoms with Crippen LogP contribution in [0.4, 0.5) is 0 Å². The minimum atomic E-state index is -4.94. The molecule has 0 saturated carbocycles. The molecule has 0 fully saturated rings. The number of aliphatic hydroxyl groups excluding tert-OH is 1. The van der Waals surface area contributed by atoms with Gasteiger partial charge in [-0.1, -0.05) is 266 Å². The molecule has 0 heterocycles. The van der Waals surface area contributed by atoms with Gasteiger partial charge in [-0.15, -0.1) is 0 Å². The Morgan fingerprint density at radius 3 is 0.829 bits per heavy atom. The predicted molar refractivity (Wildman–Crippen MR) is 326 cm³/mol. The minimum Gasteiger partial charge on any atom is -0.462 e. The summed E-state index contributed by atoms with van der Waals surface area (Å²) in [5, 5.41) is 10.5. The van der Waals surface area contributed by atoms with Crippen molar-refractivity contribution in [2.75, 3.05) is 39.6 Å². The molecule has 0 aromatic rings. The molecule has 0 amide bonds. The fourth-order valence-electron chi connectivity index (χ4n) is 9.41. The normalized spacial score (nSPS) is 14.3. The number of phosphoric acid groups is 2. The first-order valence-electron chi connectivity index (χ1n) is 33.1. The van der Waals surface area contributed by atoms with Gasteiger partial charge in [0.1, 0.15) is 19.3 Å². The standard InChI is InChI=1S/C63H122O17P2/c1-6-9-12-15-18-20-21-22-23-24-25-28-34-39-44-49-63(68)80-59(53-74-61(66)47-42-37-33-29-26-27-31-35-40-45-56(4)5)55-78-82(71,72)76-51-57(64)50-75-81(69,70)77-54-58(52-73-60(65)46-41-36-30-17-14-11-8-3)79-62(67)48-43-38-32-19-16-13-10-7-2/h56-59,64H,6-55H2,1-5H3,(H,69,70)(H,71,72)/t57-,58+,59+/m0/s1. The summed E-state index contributed by atoms with van der Waals surface area (Å²) in [5.74, 6) is -1.40. The lowest BCUT2D eigenvalue weighted by Gasteiger charge is -2.21. The predicted octanol–water partition coefficient (Wildman–Crippen LogP) is 17.4. The van der Waals surface area contributed by atoms with Gasteiger partial charge in [-0.2, -0.15) is 0 Å². The quantitative estimate of drug-likeness (QED) is 0.0222. The lowest BCUT2D eigenvalue weighted by molar-refractivity contribution is -0.161. The van der Waals surface area contributed by atoms with Crippen LogP contribution in [0.5, 0.6) is 0 Å². The van der Waals surface area contributed by atoms with Gasteiger partial charge in [-0.3, -0.25) is 37.3 Å². The lowest BCUT2D eigenvalue weighted by atomic mass is 10.0. The number of unbranched alkanes of at least 4 members (excludes halogenated alkanes) is 35. The highest BCUT2D eigenvalue weighted by Gasteiger charge is 2.30. The van der Waals surface area contributed by atoms with E-state index in [-0.39, 0.29) is 25.7 Å². The Bertz CT molecular complexity index is 1600. The molecule has 0 aliphatic heterocycles. The zero-order valence-electron chi connectivity index (χ0n) is 52.6. The zero-order chi connectivity index (χ0) is 60.6. The molecule has 0 saturated heterocycles. The molecule has 0 aliphatic carbocycles. The second-order valence-electron chi connectivity index (χ2n) is 23.3. The van der Waals surface area contributed by atoms with Crippen LogP contribution in [-0.2, 0) is 65.4 Å². The first-order chi connectivity index (χ1) is 39.5. The summed E-state index contributed by atoms with van der Waals surface area (Å²) in [4.78, 5) is 72.0. The summed E-state index contributed by atoms with van der Waals surface area (Å²) in [6, 6.07) is 0. The molecule has 0 spiro atoms. The number of esters is 4. The number of phosphoric ester groups is 2. The van der Waals surface area contributed by atoms with Crippen LogP contribution in [-0.4, -0.2) is 96.7 Å². The van der Waals surface area contributed by atoms with Gasteiger partial charge in [-0.25, -0.2) is 9.13 Å². The fraction of sp³-hybridized carbons (Fsp3) is 0.937. The van der Waals surface area contributed by atoms with Crippen molar-refractivity contribution in [1.82, 2.24) is 0 Å². The van der Waals surface area contributed by atoms with Crippen molar-refractivity contribution in [3.05, 3.63) is 0 Å². The molecular weight excluding hydrogens is 1090 g/mol. The van der Waals surface area contributed by atoms with Gasteiger partial charge >= 0.3 is 39.5 Å². The Morgan fingerprint density at radius 2 is 0.561 bits per heavy atom. The third kappa shape index (κ3) is 57.2. The largest absolute Gasteiger partial charge is 0.472 e. The van der Waals surface area contributed by atoms with Crippen molar-refractivity contribution in [3.63, 3.8) is 0 Å². The van der Waals surface area contributed by atoms with E-state index in [1.807, 2.05) is 0 Å². The maximum absolute atomic E-state index is 13.0. The van der Waals surface area contributed by atoms with E-state index in [9.17, 15) is 43.2 Å². The molecule has 0 aromatic carbocycles. The second-order valence-corrected chi connectivity index (χ2v) is 26.2. The molecule has 3 N–H and O–H groups in total. The van der Waals surface area contributed by atoms with E-state index in [0.29, 0.717) is 25.7 Å². The highest BCUT2D eigenvalue weighted by atomic mass is 31.2. The molecule has 17 nitrogen and oxygen atoms in total. The molecule has 5 atom stereocenters. The van der Waals surface area contributed by atoms with Crippen molar-refractivity contribution >= 4 is 39.5 Å². The molecule has 0 rings (SSSR count). The number of aliphatic hydroxyl groups is 1. The van der Waals surface area contributed by atoms with E-state index in [4.69, 9.17) is 37.0 Å². The van der Waals surface area contributed by atoms with Crippen LogP contribution in [0.15, 0.2) is 0 Å². The van der Waals surface area contributed by atoms with Crippen LogP contribution < -0.4 is 0 Å². The van der Waals surface area contributed by atoms with Crippen molar-refractivity contribution in [1.29, 1.82) is 0 Å². The number of carbonyl (C=O) groups excluding carboxylic acids is 4. The Hall–Kier alpha value is -1.94. The van der Waals surface area contributed by atoms with Crippen LogP contribution in [0.1, 0.15) is 317 Å². The van der Waals surface area contributed by atoms with Gasteiger partial charge in [0.15, 0.2) is 12.2 Å². The van der Waals surface area contributed by atoms with Gasteiger partial charge in [0.25, 0.3) is 0 Å². The van der Waals surface area contributed by atoms with E-state index >= 15 is 0 Å². The molecular formula is C63H122O17P2. The molecule has 0 aliphatic rings. The number of hydrogen-bond acceptors (Lipinski definition) is 15. The van der Waals surface area contributed by atoms with Gasteiger partial charge < -0.3 is 33.8 Å². The molecule has 486 valence electrons. The van der Waals surface area contributed by atoms with Crippen LogP contribution in [0, 0.1) is 5.92 Å². The summed E-state index contributed by atoms with van der Waals surface area (Å²) in [7, 11) is -9.88. The first kappa shape index (κ1) is 80.1. The minimum absolute atomic E-state index is 0.105. The Labute approximate surface area is 498 Å². The summed E-state index contributed by atoms with van der Waals surface area (Å²) >= 11 is 0. The van der Waals surface area contributed by atoms with E-state index < -0.39 is 97.5 Å². The smallest absolute Gasteiger partial charge is 0.462 e. The van der Waals surface area contributed by atoms with Crippen LogP contribution in [0.3, 0.4) is 0 Å². The highest BCUT2D eigenvalue weighted by Crippen LogP contribution is 2.45. The number of rotatable bonds is 63. The molecule has 0 radical (unpaired) electrons. The van der Waals surface area contributed by atoms with E-state index in [1.54, 1.807) is 0 Å². The lowest BCUT2D eigenvalue weighted by Crippen LogP contribution is -2.30. The Morgan fingerprint density at radius 1 is 0.329 bits per heavy atom. The van der Waals surface area contributed by atoms with Crippen LogP contribution >= 0.6 is 15.6 Å². The number of carbonyl (C=O) groups is 4. The fourth-order valence-corrected chi connectivity index (χ4v) is 11.0. The average Bonchev–Trinajstić information content (AvgIpc) is 3.46. The summed E-state index contributed by atoms with van der Waals surface area (Å²) in [6.07, 6.45) is 40.5. The Balaban J connectivity index is 5.19. The summed E-state index contributed by atoms with van der Waals surface area (Å²) in [6.45, 7) is 7.11. The van der Waals surface area contributed by atoms with Crippen molar-refractivity contribution in [2.45, 2.75) is 335 Å². The first-order valence-corrected chi connectivity index (χ1v) is 36.1. The maximum Gasteiger partial charge on any atom is 0.472 e.